The van der Waals surface area contributed by atoms with Crippen LogP contribution >= 0.6 is 0 Å². The van der Waals surface area contributed by atoms with Crippen LogP contribution in [0.2, 0.25) is 0 Å². The van der Waals surface area contributed by atoms with Gasteiger partial charge in [-0.3, -0.25) is 4.79 Å². The Morgan fingerprint density at radius 1 is 1.36 bits per heavy atom. The lowest BCUT2D eigenvalue weighted by Gasteiger charge is -1.97. The van der Waals surface area contributed by atoms with Gasteiger partial charge in [-0.1, -0.05) is 18.2 Å². The van der Waals surface area contributed by atoms with Crippen LogP contribution in [0.3, 0.4) is 0 Å². The highest BCUT2D eigenvalue weighted by molar-refractivity contribution is 6.08. The standard InChI is InChI=1S/C10H8N2O2/c13-9-4-2-1-3-7(9)5-8-10(14)12-6-11-8/h1-6,13H,(H,11,12,14)/b8-5-. The fourth-order valence-electron chi connectivity index (χ4n) is 1.15. The second-order valence-electron chi connectivity index (χ2n) is 2.82. The second-order valence-corrected chi connectivity index (χ2v) is 2.82. The first-order valence-electron chi connectivity index (χ1n) is 4.10. The number of carbonyl (C=O) groups excluding carboxylic acids is 1. The Labute approximate surface area is 80.6 Å². The lowest BCUT2D eigenvalue weighted by atomic mass is 10.1. The molecule has 0 spiro atoms. The van der Waals surface area contributed by atoms with Crippen LogP contribution in [0.4, 0.5) is 0 Å². The van der Waals surface area contributed by atoms with Gasteiger partial charge in [-0.2, -0.15) is 0 Å². The van der Waals surface area contributed by atoms with Crippen molar-refractivity contribution in [1.29, 1.82) is 0 Å². The van der Waals surface area contributed by atoms with Crippen LogP contribution in [-0.4, -0.2) is 17.4 Å². The summed E-state index contributed by atoms with van der Waals surface area (Å²) >= 11 is 0. The van der Waals surface area contributed by atoms with Gasteiger partial charge in [-0.15, -0.1) is 0 Å². The molecule has 2 N–H and O–H groups in total. The van der Waals surface area contributed by atoms with Crippen molar-refractivity contribution >= 4 is 18.3 Å². The van der Waals surface area contributed by atoms with Gasteiger partial charge >= 0.3 is 0 Å². The van der Waals surface area contributed by atoms with Crippen LogP contribution in [0, 0.1) is 0 Å². The van der Waals surface area contributed by atoms with Crippen molar-refractivity contribution in [2.45, 2.75) is 0 Å². The van der Waals surface area contributed by atoms with E-state index in [1.54, 1.807) is 24.3 Å². The van der Waals surface area contributed by atoms with Gasteiger partial charge < -0.3 is 10.4 Å². The molecular weight excluding hydrogens is 180 g/mol. The zero-order valence-corrected chi connectivity index (χ0v) is 7.27. The predicted octanol–water partition coefficient (Wildman–Crippen LogP) is 0.891. The summed E-state index contributed by atoms with van der Waals surface area (Å²) in [4.78, 5) is 14.9. The molecule has 1 amide bonds. The molecule has 0 aliphatic carbocycles. The van der Waals surface area contributed by atoms with E-state index in [0.29, 0.717) is 11.3 Å². The molecule has 0 atom stereocenters. The van der Waals surface area contributed by atoms with Crippen LogP contribution in [0.1, 0.15) is 5.56 Å². The Morgan fingerprint density at radius 2 is 2.14 bits per heavy atom. The molecule has 4 heteroatoms. The maximum atomic E-state index is 11.1. The molecule has 0 bridgehead atoms. The van der Waals surface area contributed by atoms with Gasteiger partial charge in [-0.05, 0) is 12.1 Å². The molecule has 0 radical (unpaired) electrons. The lowest BCUT2D eigenvalue weighted by Crippen LogP contribution is -2.14. The Kier molecular flexibility index (Phi) is 2.02. The van der Waals surface area contributed by atoms with E-state index in [-0.39, 0.29) is 11.7 Å². The lowest BCUT2D eigenvalue weighted by molar-refractivity contribution is -0.115. The number of aromatic hydroxyl groups is 1. The SMILES string of the molecule is O=C1NC=N/C1=C\c1ccccc1O. The summed E-state index contributed by atoms with van der Waals surface area (Å²) in [5, 5.41) is 11.9. The second kappa shape index (κ2) is 3.33. The van der Waals surface area contributed by atoms with Crippen molar-refractivity contribution in [3.8, 4) is 5.75 Å². The summed E-state index contributed by atoms with van der Waals surface area (Å²) in [5.74, 6) is -0.122. The number of rotatable bonds is 1. The van der Waals surface area contributed by atoms with Crippen LogP contribution < -0.4 is 5.32 Å². The number of aliphatic imine (C=N–C) groups is 1. The van der Waals surface area contributed by atoms with E-state index in [0.717, 1.165) is 0 Å². The van der Waals surface area contributed by atoms with E-state index in [4.69, 9.17) is 0 Å². The molecule has 1 aromatic carbocycles. The molecule has 0 unspecified atom stereocenters. The van der Waals surface area contributed by atoms with Crippen molar-refractivity contribution in [2.75, 3.05) is 0 Å². The molecule has 1 heterocycles. The number of nitrogens with zero attached hydrogens (tertiary/aromatic N) is 1. The minimum absolute atomic E-state index is 0.134. The quantitative estimate of drug-likeness (QED) is 0.643. The Balaban J connectivity index is 2.38. The van der Waals surface area contributed by atoms with E-state index >= 15 is 0 Å². The highest BCUT2D eigenvalue weighted by Gasteiger charge is 2.12. The molecular formula is C10H8N2O2. The summed E-state index contributed by atoms with van der Waals surface area (Å²) in [6.07, 6.45) is 2.86. The molecule has 4 nitrogen and oxygen atoms in total. The number of phenolic OH excluding ortho intramolecular Hbond substituents is 1. The fourth-order valence-corrected chi connectivity index (χ4v) is 1.15. The fraction of sp³-hybridized carbons (Fsp3) is 0. The van der Waals surface area contributed by atoms with E-state index in [9.17, 15) is 9.90 Å². The number of nitrogens with one attached hydrogen (secondary N) is 1. The molecule has 1 aliphatic heterocycles. The van der Waals surface area contributed by atoms with E-state index in [1.807, 2.05) is 0 Å². The molecule has 2 rings (SSSR count). The zero-order chi connectivity index (χ0) is 9.97. The van der Waals surface area contributed by atoms with Gasteiger partial charge in [0.25, 0.3) is 5.91 Å². The summed E-state index contributed by atoms with van der Waals surface area (Å²) < 4.78 is 0. The van der Waals surface area contributed by atoms with Crippen LogP contribution in [0.15, 0.2) is 35.0 Å². The number of hydrogen-bond acceptors (Lipinski definition) is 3. The molecule has 0 saturated heterocycles. The Hall–Kier alpha value is -2.10. The number of amides is 1. The van der Waals surface area contributed by atoms with E-state index in [1.165, 1.54) is 12.4 Å². The minimum atomic E-state index is -0.256. The molecule has 14 heavy (non-hydrogen) atoms. The largest absolute Gasteiger partial charge is 0.507 e. The molecule has 70 valence electrons. The van der Waals surface area contributed by atoms with Crippen molar-refractivity contribution in [2.24, 2.45) is 4.99 Å². The predicted molar refractivity (Wildman–Crippen MR) is 52.7 cm³/mol. The van der Waals surface area contributed by atoms with Gasteiger partial charge in [0.05, 0.1) is 6.34 Å². The van der Waals surface area contributed by atoms with E-state index in [2.05, 4.69) is 10.3 Å². The first-order chi connectivity index (χ1) is 6.77. The molecule has 1 aliphatic rings. The first kappa shape index (κ1) is 8.50. The van der Waals surface area contributed by atoms with Gasteiger partial charge in [0.15, 0.2) is 0 Å². The van der Waals surface area contributed by atoms with Crippen LogP contribution in [-0.2, 0) is 4.79 Å². The molecule has 0 fully saturated rings. The van der Waals surface area contributed by atoms with Gasteiger partial charge in [0.2, 0.25) is 0 Å². The maximum absolute atomic E-state index is 11.1. The Morgan fingerprint density at radius 3 is 2.79 bits per heavy atom. The van der Waals surface area contributed by atoms with Crippen molar-refractivity contribution in [1.82, 2.24) is 5.32 Å². The summed E-state index contributed by atoms with van der Waals surface area (Å²) in [7, 11) is 0. The van der Waals surface area contributed by atoms with Crippen LogP contribution in [0.5, 0.6) is 5.75 Å². The normalized spacial score (nSPS) is 17.4. The summed E-state index contributed by atoms with van der Waals surface area (Å²) in [6, 6.07) is 6.77. The summed E-state index contributed by atoms with van der Waals surface area (Å²) in [5.41, 5.74) is 0.878. The highest BCUT2D eigenvalue weighted by Crippen LogP contribution is 2.19. The number of hydrogen-bond donors (Lipinski definition) is 2. The van der Waals surface area contributed by atoms with Crippen LogP contribution in [0.25, 0.3) is 6.08 Å². The molecule has 0 saturated carbocycles. The van der Waals surface area contributed by atoms with Crippen molar-refractivity contribution < 1.29 is 9.90 Å². The zero-order valence-electron chi connectivity index (χ0n) is 7.27. The highest BCUT2D eigenvalue weighted by atomic mass is 16.3. The molecule has 1 aromatic rings. The number of benzene rings is 1. The number of para-hydroxylation sites is 1. The third kappa shape index (κ3) is 1.50. The topological polar surface area (TPSA) is 61.7 Å². The third-order valence-electron chi connectivity index (χ3n) is 1.86. The third-order valence-corrected chi connectivity index (χ3v) is 1.86. The maximum Gasteiger partial charge on any atom is 0.275 e. The summed E-state index contributed by atoms with van der Waals surface area (Å²) in [6.45, 7) is 0. The minimum Gasteiger partial charge on any atom is -0.507 e. The van der Waals surface area contributed by atoms with Gasteiger partial charge in [0, 0.05) is 5.56 Å². The van der Waals surface area contributed by atoms with E-state index < -0.39 is 0 Å². The van der Waals surface area contributed by atoms with Crippen molar-refractivity contribution in [3.05, 3.63) is 35.5 Å². The monoisotopic (exact) mass is 188 g/mol. The Bertz CT molecular complexity index is 436. The van der Waals surface area contributed by atoms with Gasteiger partial charge in [-0.25, -0.2) is 4.99 Å². The van der Waals surface area contributed by atoms with Gasteiger partial charge in [0.1, 0.15) is 11.4 Å². The first-order valence-corrected chi connectivity index (χ1v) is 4.10. The molecule has 0 aromatic heterocycles. The average molecular weight is 188 g/mol. The average Bonchev–Trinajstić information content (AvgIpc) is 2.56. The van der Waals surface area contributed by atoms with Crippen molar-refractivity contribution in [3.63, 3.8) is 0 Å². The number of carbonyl (C=O) groups is 1. The smallest absolute Gasteiger partial charge is 0.275 e. The number of phenols is 1.